The maximum atomic E-state index is 14.0. The zero-order chi connectivity index (χ0) is 32.2. The highest BCUT2D eigenvalue weighted by Crippen LogP contribution is 2.48. The molecule has 6 atom stereocenters. The number of esters is 1. The third-order valence-corrected chi connectivity index (χ3v) is 11.9. The van der Waals surface area contributed by atoms with Gasteiger partial charge in [-0.05, 0) is 74.6 Å². The Kier molecular flexibility index (Phi) is 7.95. The lowest BCUT2D eigenvalue weighted by Crippen LogP contribution is -3.10. The van der Waals surface area contributed by atoms with Crippen LogP contribution in [0.5, 0.6) is 0 Å². The van der Waals surface area contributed by atoms with Crippen molar-refractivity contribution in [1.82, 2.24) is 14.9 Å². The summed E-state index contributed by atoms with van der Waals surface area (Å²) in [5.74, 6) is 0.0450. The minimum absolute atomic E-state index is 0.0785. The van der Waals surface area contributed by atoms with Gasteiger partial charge >= 0.3 is 5.97 Å². The summed E-state index contributed by atoms with van der Waals surface area (Å²) < 4.78 is 5.63. The van der Waals surface area contributed by atoms with Crippen molar-refractivity contribution in [3.8, 4) is 0 Å². The van der Waals surface area contributed by atoms with Crippen molar-refractivity contribution in [2.24, 2.45) is 17.8 Å². The number of aliphatic hydroxyl groups excluding tert-OH is 1. The number of H-pyrrole nitrogens is 2. The third kappa shape index (κ3) is 5.02. The second-order valence-electron chi connectivity index (χ2n) is 14.1. The number of methoxy groups -OCH3 is 1. The quantitative estimate of drug-likeness (QED) is 0.155. The molecule has 6 unspecified atom stereocenters. The highest BCUT2D eigenvalue weighted by molar-refractivity contribution is 5.95. The Bertz CT molecular complexity index is 1930. The molecule has 2 saturated heterocycles. The van der Waals surface area contributed by atoms with E-state index in [1.807, 2.05) is 0 Å². The summed E-state index contributed by atoms with van der Waals surface area (Å²) in [6.45, 7) is 7.29. The predicted molar refractivity (Wildman–Crippen MR) is 187 cm³/mol. The first-order valence-electron chi connectivity index (χ1n) is 17.5. The second-order valence-corrected chi connectivity index (χ2v) is 14.1. The Morgan fingerprint density at radius 1 is 1.02 bits per heavy atom. The van der Waals surface area contributed by atoms with Crippen LogP contribution in [0.3, 0.4) is 0 Å². The summed E-state index contributed by atoms with van der Waals surface area (Å²) in [5, 5.41) is 12.4. The number of piperidine rings is 2. The number of hydrogen-bond donors (Lipinski definition) is 4. The van der Waals surface area contributed by atoms with Gasteiger partial charge in [-0.2, -0.15) is 0 Å². The molecule has 2 aromatic carbocycles. The smallest absolute Gasteiger partial charge is 0.309 e. The Labute approximate surface area is 277 Å². The average molecular weight is 632 g/mol. The molecule has 0 amide bonds. The maximum Gasteiger partial charge on any atom is 0.309 e. The standard InChI is InChI=1S/C40H46N4O3/c1-4-24-21-44-23-27(37-30-11-7-9-13-34(30)42-39(37)35(44)19-26(24)15-17-45)18-32(40(46)47-3)31-20-36-38-29(14-16-43(36)22-25(31)5-2)28-10-6-8-12-33(28)41-38/h4-13,23,26,31-32,35-36,41-42,45H,14-22H2,1-3H3/p+1. The van der Waals surface area contributed by atoms with E-state index in [0.717, 1.165) is 50.8 Å². The zero-order valence-electron chi connectivity index (χ0n) is 27.8. The van der Waals surface area contributed by atoms with Crippen molar-refractivity contribution in [2.45, 2.75) is 58.0 Å². The predicted octanol–water partition coefficient (Wildman–Crippen LogP) is 6.02. The fraction of sp³-hybridized carbons (Fsp3) is 0.425. The molecule has 7 nitrogen and oxygen atoms in total. The number of allylic oxidation sites excluding steroid dienone is 3. The Balaban J connectivity index is 1.19. The van der Waals surface area contributed by atoms with E-state index >= 15 is 0 Å². The van der Waals surface area contributed by atoms with E-state index in [1.165, 1.54) is 60.4 Å². The highest BCUT2D eigenvalue weighted by Gasteiger charge is 2.45. The van der Waals surface area contributed by atoms with E-state index in [-0.39, 0.29) is 36.5 Å². The molecule has 0 radical (unpaired) electrons. The first kappa shape index (κ1) is 30.4. The molecule has 2 aromatic heterocycles. The number of nitrogens with zero attached hydrogens (tertiary/aromatic N) is 1. The van der Waals surface area contributed by atoms with E-state index in [1.54, 1.807) is 7.11 Å². The number of carbonyl (C=O) groups is 1. The van der Waals surface area contributed by atoms with Gasteiger partial charge in [0.15, 0.2) is 0 Å². The topological polar surface area (TPSA) is 85.8 Å². The molecule has 0 bridgehead atoms. The number of fused-ring (bicyclic) bond motifs is 10. The van der Waals surface area contributed by atoms with Crippen LogP contribution in [0.2, 0.25) is 0 Å². The van der Waals surface area contributed by atoms with E-state index in [9.17, 15) is 9.90 Å². The van der Waals surface area contributed by atoms with E-state index in [2.05, 4.69) is 95.6 Å². The second kappa shape index (κ2) is 12.3. The van der Waals surface area contributed by atoms with Gasteiger partial charge in [0.2, 0.25) is 0 Å². The van der Waals surface area contributed by atoms with Crippen LogP contribution < -0.4 is 4.90 Å². The number of hydrogen-bond acceptors (Lipinski definition) is 4. The molecule has 6 heterocycles. The number of carbonyl (C=O) groups excluding carboxylic acids is 1. The maximum absolute atomic E-state index is 14.0. The number of para-hydroxylation sites is 2. The first-order chi connectivity index (χ1) is 23.0. The molecule has 244 valence electrons. The van der Waals surface area contributed by atoms with E-state index in [0.29, 0.717) is 12.3 Å². The molecule has 8 rings (SSSR count). The monoisotopic (exact) mass is 631 g/mol. The minimum atomic E-state index is -0.292. The summed E-state index contributed by atoms with van der Waals surface area (Å²) >= 11 is 0. The van der Waals surface area contributed by atoms with Crippen LogP contribution in [0.4, 0.5) is 0 Å². The SMILES string of the molecule is CC=C1C[NH+]2C=C(CC(C(=O)OC)C3CC4c5[nH]c6ccccc6c5CCN4CC3=CC)c3c([nH]c4ccccc34)C2CC1CCO. The molecular formula is C40H47N4O3+. The van der Waals surface area contributed by atoms with Gasteiger partial charge in [-0.1, -0.05) is 54.1 Å². The summed E-state index contributed by atoms with van der Waals surface area (Å²) in [7, 11) is 1.55. The molecule has 0 saturated carbocycles. The van der Waals surface area contributed by atoms with Crippen molar-refractivity contribution in [1.29, 1.82) is 0 Å². The van der Waals surface area contributed by atoms with Crippen LogP contribution in [-0.4, -0.2) is 59.3 Å². The molecule has 0 aliphatic carbocycles. The molecule has 0 spiro atoms. The molecule has 4 N–H and O–H groups in total. The fourth-order valence-corrected chi connectivity index (χ4v) is 9.64. The summed E-state index contributed by atoms with van der Waals surface area (Å²) in [6, 6.07) is 17.8. The number of aromatic nitrogens is 2. The van der Waals surface area contributed by atoms with E-state index in [4.69, 9.17) is 4.74 Å². The molecule has 4 aromatic rings. The van der Waals surface area contributed by atoms with Crippen LogP contribution in [-0.2, 0) is 16.0 Å². The molecular weight excluding hydrogens is 584 g/mol. The molecule has 4 aliphatic heterocycles. The fourth-order valence-electron chi connectivity index (χ4n) is 9.64. The number of ether oxygens (including phenoxy) is 1. The Morgan fingerprint density at radius 3 is 2.49 bits per heavy atom. The Morgan fingerprint density at radius 2 is 1.74 bits per heavy atom. The lowest BCUT2D eigenvalue weighted by Gasteiger charge is -2.45. The van der Waals surface area contributed by atoms with Crippen molar-refractivity contribution in [3.05, 3.63) is 101 Å². The van der Waals surface area contributed by atoms with Crippen LogP contribution in [0, 0.1) is 17.8 Å². The van der Waals surface area contributed by atoms with Crippen molar-refractivity contribution >= 4 is 33.3 Å². The summed E-state index contributed by atoms with van der Waals surface area (Å²) in [5.41, 5.74) is 11.7. The normalized spacial score (nSPS) is 28.1. The summed E-state index contributed by atoms with van der Waals surface area (Å²) in [4.78, 5) is 25.6. The van der Waals surface area contributed by atoms with Gasteiger partial charge in [0.1, 0.15) is 12.6 Å². The van der Waals surface area contributed by atoms with E-state index < -0.39 is 0 Å². The van der Waals surface area contributed by atoms with Crippen molar-refractivity contribution < 1.29 is 19.5 Å². The lowest BCUT2D eigenvalue weighted by molar-refractivity contribution is -0.882. The molecule has 7 heteroatoms. The van der Waals surface area contributed by atoms with Crippen LogP contribution in [0.15, 0.2) is 78.0 Å². The zero-order valence-corrected chi connectivity index (χ0v) is 27.8. The van der Waals surface area contributed by atoms with Gasteiger partial charge in [-0.15, -0.1) is 0 Å². The number of nitrogens with one attached hydrogen (secondary N) is 3. The number of aliphatic hydroxyl groups is 1. The lowest BCUT2D eigenvalue weighted by atomic mass is 9.72. The first-order valence-corrected chi connectivity index (χ1v) is 17.5. The van der Waals surface area contributed by atoms with Crippen LogP contribution >= 0.6 is 0 Å². The average Bonchev–Trinajstić information content (AvgIpc) is 3.69. The molecule has 4 aliphatic rings. The van der Waals surface area contributed by atoms with Gasteiger partial charge in [0.25, 0.3) is 0 Å². The number of benzene rings is 2. The number of aromatic amines is 2. The Hall–Kier alpha value is -3.91. The van der Waals surface area contributed by atoms with Crippen molar-refractivity contribution in [3.63, 3.8) is 0 Å². The van der Waals surface area contributed by atoms with Crippen LogP contribution in [0.1, 0.15) is 74.1 Å². The number of quaternary nitrogens is 1. The minimum Gasteiger partial charge on any atom is -0.469 e. The van der Waals surface area contributed by atoms with Gasteiger partial charge < -0.3 is 19.8 Å². The van der Waals surface area contributed by atoms with Gasteiger partial charge in [-0.25, -0.2) is 0 Å². The van der Waals surface area contributed by atoms with Gasteiger partial charge in [0.05, 0.1) is 31.0 Å². The van der Waals surface area contributed by atoms with Crippen LogP contribution in [0.25, 0.3) is 27.4 Å². The highest BCUT2D eigenvalue weighted by atomic mass is 16.5. The third-order valence-electron chi connectivity index (χ3n) is 11.9. The number of rotatable bonds is 6. The summed E-state index contributed by atoms with van der Waals surface area (Å²) in [6.07, 6.45) is 11.3. The van der Waals surface area contributed by atoms with Gasteiger partial charge in [0, 0.05) is 64.8 Å². The van der Waals surface area contributed by atoms with Gasteiger partial charge in [-0.3, -0.25) is 14.6 Å². The molecule has 47 heavy (non-hydrogen) atoms. The van der Waals surface area contributed by atoms with Crippen molar-refractivity contribution in [2.75, 3.05) is 33.4 Å². The molecule has 2 fully saturated rings. The largest absolute Gasteiger partial charge is 0.469 e.